The van der Waals surface area contributed by atoms with Gasteiger partial charge in [-0.1, -0.05) is 27.6 Å². The van der Waals surface area contributed by atoms with Crippen molar-refractivity contribution in [3.63, 3.8) is 0 Å². The zero-order valence-electron chi connectivity index (χ0n) is 7.42. The zero-order valence-corrected chi connectivity index (χ0v) is 9.83. The third-order valence-corrected chi connectivity index (χ3v) is 4.79. The predicted molar refractivity (Wildman–Crippen MR) is 57.3 cm³/mol. The van der Waals surface area contributed by atoms with Crippen LogP contribution < -0.4 is 4.72 Å². The van der Waals surface area contributed by atoms with Gasteiger partial charge in [-0.05, 0) is 25.7 Å². The molecule has 0 heterocycles. The van der Waals surface area contributed by atoms with Crippen molar-refractivity contribution in [2.24, 2.45) is 0 Å². The quantitative estimate of drug-likeness (QED) is 0.610. The van der Waals surface area contributed by atoms with Gasteiger partial charge in [-0.15, -0.1) is 0 Å². The average molecular weight is 268 g/mol. The van der Waals surface area contributed by atoms with Crippen LogP contribution in [0.4, 0.5) is 0 Å². The predicted octanol–water partition coefficient (Wildman–Crippen LogP) is 1.76. The summed E-state index contributed by atoms with van der Waals surface area (Å²) < 4.78 is 24.5. The molecule has 0 aliphatic heterocycles. The molecule has 0 radical (unpaired) electrons. The molecule has 76 valence electrons. The average Bonchev–Trinajstić information content (AvgIpc) is 2.57. The maximum absolute atomic E-state index is 11.0. The van der Waals surface area contributed by atoms with E-state index >= 15 is 0 Å². The lowest BCUT2D eigenvalue weighted by atomic mass is 10.2. The van der Waals surface area contributed by atoms with Gasteiger partial charge in [0.1, 0.15) is 4.66 Å². The Morgan fingerprint density at radius 1 is 1.54 bits per heavy atom. The van der Waals surface area contributed by atoms with Crippen molar-refractivity contribution in [3.05, 3.63) is 11.6 Å². The van der Waals surface area contributed by atoms with E-state index < -0.39 is 10.0 Å². The molecule has 0 aromatic heterocycles. The minimum absolute atomic E-state index is 0.0148. The molecular weight excluding hydrogens is 254 g/mol. The van der Waals surface area contributed by atoms with Gasteiger partial charge in [0, 0.05) is 6.54 Å². The summed E-state index contributed by atoms with van der Waals surface area (Å²) in [4.78, 5) is 0. The summed E-state index contributed by atoms with van der Waals surface area (Å²) in [7, 11) is -3.07. The Labute approximate surface area is 87.8 Å². The van der Waals surface area contributed by atoms with E-state index in [9.17, 15) is 8.42 Å². The lowest BCUT2D eigenvalue weighted by Crippen LogP contribution is -2.25. The minimum Gasteiger partial charge on any atom is -0.214 e. The second-order valence-corrected chi connectivity index (χ2v) is 6.23. The summed E-state index contributed by atoms with van der Waals surface area (Å²) in [6, 6.07) is 0. The van der Waals surface area contributed by atoms with Gasteiger partial charge in [-0.3, -0.25) is 0 Å². The highest BCUT2D eigenvalue weighted by Gasteiger charge is 2.08. The maximum atomic E-state index is 11.0. The Morgan fingerprint density at radius 2 is 2.31 bits per heavy atom. The normalized spacial score (nSPS) is 17.5. The van der Waals surface area contributed by atoms with Crippen LogP contribution in [0, 0.1) is 0 Å². The van der Waals surface area contributed by atoms with E-state index in [4.69, 9.17) is 0 Å². The topological polar surface area (TPSA) is 46.2 Å². The summed E-state index contributed by atoms with van der Waals surface area (Å²) in [6.45, 7) is 0.528. The first kappa shape index (κ1) is 11.2. The molecule has 0 fully saturated rings. The van der Waals surface area contributed by atoms with E-state index in [0.29, 0.717) is 6.54 Å². The molecular formula is C8H14BrNO2S. The van der Waals surface area contributed by atoms with Gasteiger partial charge in [0.25, 0.3) is 0 Å². The standard InChI is InChI=1S/C8H14BrNO2S/c9-7-13(11,12)10-6-5-8-3-1-2-4-8/h3,10H,1-2,4-7H2. The summed E-state index contributed by atoms with van der Waals surface area (Å²) >= 11 is 2.92. The Bertz CT molecular complexity index is 285. The van der Waals surface area contributed by atoms with Crippen molar-refractivity contribution in [2.75, 3.05) is 11.2 Å². The van der Waals surface area contributed by atoms with Crippen molar-refractivity contribution in [1.29, 1.82) is 0 Å². The van der Waals surface area contributed by atoms with Crippen LogP contribution in [0.5, 0.6) is 0 Å². The lowest BCUT2D eigenvalue weighted by Gasteiger charge is -2.03. The first-order valence-corrected chi connectivity index (χ1v) is 7.12. The smallest absolute Gasteiger partial charge is 0.214 e. The molecule has 0 saturated heterocycles. The maximum Gasteiger partial charge on any atom is 0.221 e. The van der Waals surface area contributed by atoms with Gasteiger partial charge in [-0.25, -0.2) is 13.1 Å². The molecule has 13 heavy (non-hydrogen) atoms. The first-order chi connectivity index (χ1) is 6.14. The van der Waals surface area contributed by atoms with Gasteiger partial charge in [0.15, 0.2) is 0 Å². The molecule has 1 rings (SSSR count). The van der Waals surface area contributed by atoms with Crippen LogP contribution >= 0.6 is 15.9 Å². The zero-order chi connectivity index (χ0) is 9.73. The van der Waals surface area contributed by atoms with Crippen molar-refractivity contribution < 1.29 is 8.42 Å². The monoisotopic (exact) mass is 267 g/mol. The minimum atomic E-state index is -3.07. The van der Waals surface area contributed by atoms with E-state index in [1.165, 1.54) is 12.0 Å². The number of sulfonamides is 1. The van der Waals surface area contributed by atoms with Gasteiger partial charge in [-0.2, -0.15) is 0 Å². The highest BCUT2D eigenvalue weighted by Crippen LogP contribution is 2.19. The number of hydrogen-bond donors (Lipinski definition) is 1. The van der Waals surface area contributed by atoms with Crippen LogP contribution in [0.1, 0.15) is 25.7 Å². The SMILES string of the molecule is O=S(=O)(CBr)NCCC1=CCCC1. The molecule has 1 aliphatic carbocycles. The van der Waals surface area contributed by atoms with Crippen molar-refractivity contribution >= 4 is 26.0 Å². The molecule has 0 aromatic rings. The number of halogens is 1. The molecule has 1 aliphatic rings. The molecule has 1 N–H and O–H groups in total. The third kappa shape index (κ3) is 4.24. The van der Waals surface area contributed by atoms with Crippen molar-refractivity contribution in [2.45, 2.75) is 25.7 Å². The van der Waals surface area contributed by atoms with Gasteiger partial charge in [0.2, 0.25) is 10.0 Å². The van der Waals surface area contributed by atoms with Crippen molar-refractivity contribution in [3.8, 4) is 0 Å². The first-order valence-electron chi connectivity index (χ1n) is 4.35. The number of hydrogen-bond acceptors (Lipinski definition) is 2. The number of nitrogens with one attached hydrogen (secondary N) is 1. The molecule has 0 saturated carbocycles. The number of allylic oxidation sites excluding steroid dienone is 1. The second kappa shape index (κ2) is 5.12. The molecule has 5 heteroatoms. The Kier molecular flexibility index (Phi) is 4.41. The molecule has 0 aromatic carbocycles. The number of alkyl halides is 1. The van der Waals surface area contributed by atoms with E-state index in [1.54, 1.807) is 0 Å². The summed E-state index contributed by atoms with van der Waals surface area (Å²) in [5.41, 5.74) is 1.39. The molecule has 0 spiro atoms. The number of rotatable bonds is 5. The third-order valence-electron chi connectivity index (χ3n) is 2.05. The fourth-order valence-corrected chi connectivity index (χ4v) is 2.35. The fraction of sp³-hybridized carbons (Fsp3) is 0.750. The highest BCUT2D eigenvalue weighted by molar-refractivity contribution is 9.10. The molecule has 0 atom stereocenters. The van der Waals surface area contributed by atoms with Gasteiger partial charge >= 0.3 is 0 Å². The summed E-state index contributed by atoms with van der Waals surface area (Å²) in [5, 5.41) is 0. The molecule has 3 nitrogen and oxygen atoms in total. The lowest BCUT2D eigenvalue weighted by molar-refractivity contribution is 0.586. The highest BCUT2D eigenvalue weighted by atomic mass is 79.9. The second-order valence-electron chi connectivity index (χ2n) is 3.12. The largest absolute Gasteiger partial charge is 0.221 e. The fourth-order valence-electron chi connectivity index (χ4n) is 1.37. The van der Waals surface area contributed by atoms with Crippen LogP contribution in [0.25, 0.3) is 0 Å². The van der Waals surface area contributed by atoms with Gasteiger partial charge in [0.05, 0.1) is 0 Å². The van der Waals surface area contributed by atoms with E-state index in [-0.39, 0.29) is 4.66 Å². The Balaban J connectivity index is 2.21. The molecule has 0 unspecified atom stereocenters. The summed E-state index contributed by atoms with van der Waals surface area (Å²) in [6.07, 6.45) is 6.58. The van der Waals surface area contributed by atoms with Crippen molar-refractivity contribution in [1.82, 2.24) is 4.72 Å². The van der Waals surface area contributed by atoms with E-state index in [1.807, 2.05) is 0 Å². The summed E-state index contributed by atoms with van der Waals surface area (Å²) in [5.74, 6) is 0. The Hall–Kier alpha value is 0.130. The van der Waals surface area contributed by atoms with Crippen LogP contribution in [-0.2, 0) is 10.0 Å². The molecule has 0 bridgehead atoms. The van der Waals surface area contributed by atoms with Crippen LogP contribution in [0.15, 0.2) is 11.6 Å². The van der Waals surface area contributed by atoms with E-state index in [0.717, 1.165) is 19.3 Å². The van der Waals surface area contributed by atoms with Gasteiger partial charge < -0.3 is 0 Å². The molecule has 0 amide bonds. The van der Waals surface area contributed by atoms with E-state index in [2.05, 4.69) is 26.7 Å². The van der Waals surface area contributed by atoms with Crippen LogP contribution in [0.3, 0.4) is 0 Å². The van der Waals surface area contributed by atoms with Crippen LogP contribution in [0.2, 0.25) is 0 Å². The van der Waals surface area contributed by atoms with Crippen LogP contribution in [-0.4, -0.2) is 19.6 Å². The Morgan fingerprint density at radius 3 is 2.85 bits per heavy atom.